The van der Waals surface area contributed by atoms with E-state index >= 15 is 0 Å². The summed E-state index contributed by atoms with van der Waals surface area (Å²) in [7, 11) is 1.42. The number of benzene rings is 3. The monoisotopic (exact) mass is 471 g/mol. The summed E-state index contributed by atoms with van der Waals surface area (Å²) < 4.78 is 11.0. The highest BCUT2D eigenvalue weighted by Crippen LogP contribution is 2.43. The number of ether oxygens (including phenoxy) is 2. The van der Waals surface area contributed by atoms with Crippen LogP contribution in [0.1, 0.15) is 35.2 Å². The lowest BCUT2D eigenvalue weighted by molar-refractivity contribution is -0.140. The van der Waals surface area contributed by atoms with Gasteiger partial charge in [0.15, 0.2) is 11.5 Å². The number of Topliss-reactive ketones (excluding diaryl/α,β-unsaturated/α-hetero) is 1. The summed E-state index contributed by atoms with van der Waals surface area (Å²) in [6.45, 7) is 2.14. The Morgan fingerprint density at radius 3 is 2.60 bits per heavy atom. The lowest BCUT2D eigenvalue weighted by atomic mass is 9.94. The molecule has 0 saturated carbocycles. The van der Waals surface area contributed by atoms with E-state index in [0.29, 0.717) is 17.5 Å². The normalized spacial score (nSPS) is 20.6. The number of carbonyl (C=O) groups is 2. The zero-order valence-electron chi connectivity index (χ0n) is 19.4. The van der Waals surface area contributed by atoms with E-state index in [1.165, 1.54) is 18.1 Å². The zero-order valence-corrected chi connectivity index (χ0v) is 19.4. The van der Waals surface area contributed by atoms with Crippen molar-refractivity contribution in [3.63, 3.8) is 0 Å². The number of carbonyl (C=O) groups excluding carboxylic acids is 2. The number of ketones is 1. The van der Waals surface area contributed by atoms with Gasteiger partial charge in [-0.05, 0) is 53.9 Å². The minimum atomic E-state index is -0.867. The lowest BCUT2D eigenvalue weighted by Crippen LogP contribution is -2.29. The number of hydrogen-bond donors (Lipinski definition) is 2. The van der Waals surface area contributed by atoms with Crippen LogP contribution in [0, 0.1) is 0 Å². The van der Waals surface area contributed by atoms with Crippen LogP contribution >= 0.6 is 0 Å². The second-order valence-corrected chi connectivity index (χ2v) is 8.80. The van der Waals surface area contributed by atoms with Crippen molar-refractivity contribution in [3.8, 4) is 17.2 Å². The molecule has 2 aliphatic heterocycles. The predicted octanol–water partition coefficient (Wildman–Crippen LogP) is 4.35. The number of hydrogen-bond acceptors (Lipinski definition) is 6. The highest BCUT2D eigenvalue weighted by atomic mass is 16.5. The molecule has 1 saturated heterocycles. The van der Waals surface area contributed by atoms with E-state index in [2.05, 4.69) is 0 Å². The van der Waals surface area contributed by atoms with Crippen LogP contribution in [0.3, 0.4) is 0 Å². The van der Waals surface area contributed by atoms with Gasteiger partial charge in [0.05, 0.1) is 18.7 Å². The number of nitrogens with zero attached hydrogens (tertiary/aromatic N) is 1. The van der Waals surface area contributed by atoms with Crippen molar-refractivity contribution in [2.24, 2.45) is 0 Å². The van der Waals surface area contributed by atoms with Crippen LogP contribution in [-0.4, -0.2) is 40.0 Å². The van der Waals surface area contributed by atoms with Crippen molar-refractivity contribution in [2.45, 2.75) is 32.0 Å². The van der Waals surface area contributed by atoms with Gasteiger partial charge in [0.1, 0.15) is 17.6 Å². The Hall–Kier alpha value is -4.26. The molecule has 0 spiro atoms. The number of aliphatic hydroxyl groups is 1. The number of likely N-dealkylation sites (tertiary alicyclic amines) is 1. The first kappa shape index (κ1) is 22.5. The van der Waals surface area contributed by atoms with Gasteiger partial charge < -0.3 is 24.6 Å². The third-order valence-corrected chi connectivity index (χ3v) is 6.42. The van der Waals surface area contributed by atoms with Crippen LogP contribution in [0.15, 0.2) is 72.3 Å². The minimum Gasteiger partial charge on any atom is -0.507 e. The molecule has 3 aromatic carbocycles. The molecular weight excluding hydrogens is 446 g/mol. The highest BCUT2D eigenvalue weighted by molar-refractivity contribution is 6.46. The van der Waals surface area contributed by atoms with Gasteiger partial charge in [-0.1, -0.05) is 36.4 Å². The van der Waals surface area contributed by atoms with Crippen molar-refractivity contribution in [1.82, 2.24) is 4.90 Å². The van der Waals surface area contributed by atoms with Gasteiger partial charge in [-0.25, -0.2) is 0 Å². The molecule has 178 valence electrons. The van der Waals surface area contributed by atoms with Crippen LogP contribution in [0.5, 0.6) is 17.2 Å². The van der Waals surface area contributed by atoms with Crippen molar-refractivity contribution < 1.29 is 29.3 Å². The lowest BCUT2D eigenvalue weighted by Gasteiger charge is -2.26. The van der Waals surface area contributed by atoms with Gasteiger partial charge in [0.2, 0.25) is 0 Å². The fourth-order valence-electron chi connectivity index (χ4n) is 4.76. The molecule has 0 aromatic heterocycles. The molecule has 1 amide bonds. The van der Waals surface area contributed by atoms with Crippen molar-refractivity contribution in [2.75, 3.05) is 7.11 Å². The average molecular weight is 472 g/mol. The average Bonchev–Trinajstić information content (AvgIpc) is 3.35. The number of methoxy groups -OCH3 is 1. The zero-order chi connectivity index (χ0) is 24.7. The number of amides is 1. The summed E-state index contributed by atoms with van der Waals surface area (Å²) in [5, 5.41) is 21.5. The molecule has 5 rings (SSSR count). The van der Waals surface area contributed by atoms with E-state index in [9.17, 15) is 19.8 Å². The van der Waals surface area contributed by atoms with E-state index in [1.807, 2.05) is 37.3 Å². The second kappa shape index (κ2) is 8.83. The number of phenolic OH excluding ortho intramolecular Hbond substituents is 1. The van der Waals surface area contributed by atoms with E-state index in [4.69, 9.17) is 9.47 Å². The van der Waals surface area contributed by atoms with Gasteiger partial charge >= 0.3 is 0 Å². The Kier molecular flexibility index (Phi) is 5.68. The molecule has 0 aliphatic carbocycles. The molecule has 2 atom stereocenters. The number of aromatic hydroxyl groups is 1. The molecule has 0 radical (unpaired) electrons. The van der Waals surface area contributed by atoms with Crippen LogP contribution in [0.2, 0.25) is 0 Å². The Balaban J connectivity index is 1.65. The van der Waals surface area contributed by atoms with Crippen LogP contribution in [0.4, 0.5) is 0 Å². The topological polar surface area (TPSA) is 96.3 Å². The summed E-state index contributed by atoms with van der Waals surface area (Å²) in [5.74, 6) is -0.830. The fraction of sp³-hybridized carbons (Fsp3) is 0.214. The van der Waals surface area contributed by atoms with Gasteiger partial charge in [-0.2, -0.15) is 0 Å². The smallest absolute Gasteiger partial charge is 0.295 e. The number of fused-ring (bicyclic) bond motifs is 1. The molecule has 7 heteroatoms. The van der Waals surface area contributed by atoms with Gasteiger partial charge in [0, 0.05) is 18.5 Å². The number of phenols is 1. The molecular formula is C28H25NO6. The van der Waals surface area contributed by atoms with E-state index in [0.717, 1.165) is 16.9 Å². The molecule has 1 fully saturated rings. The maximum atomic E-state index is 13.3. The first-order valence-corrected chi connectivity index (χ1v) is 11.4. The maximum absolute atomic E-state index is 13.3. The molecule has 2 heterocycles. The molecule has 7 nitrogen and oxygen atoms in total. The highest BCUT2D eigenvalue weighted by Gasteiger charge is 2.46. The van der Waals surface area contributed by atoms with E-state index in [1.54, 1.807) is 30.3 Å². The summed E-state index contributed by atoms with van der Waals surface area (Å²) in [6.07, 6.45) is 0.723. The molecule has 0 bridgehead atoms. The second-order valence-electron chi connectivity index (χ2n) is 8.80. The standard InChI is InChI=1S/C28H25NO6/c1-16-12-20-13-19(9-11-22(20)35-16)26(31)24-25(18-8-10-21(30)23(14-18)34-2)29(28(33)27(24)32)15-17-6-4-3-5-7-17/h3-11,13-14,16,25,30-31H,12,15H2,1-2H3/b26-24+. The largest absolute Gasteiger partial charge is 0.507 e. The molecule has 2 unspecified atom stereocenters. The Morgan fingerprint density at radius 1 is 1.09 bits per heavy atom. The third kappa shape index (κ3) is 3.99. The summed E-state index contributed by atoms with van der Waals surface area (Å²) >= 11 is 0. The van der Waals surface area contributed by atoms with Crippen molar-refractivity contribution in [1.29, 1.82) is 0 Å². The summed E-state index contributed by atoms with van der Waals surface area (Å²) in [5.41, 5.74) is 2.74. The molecule has 3 aromatic rings. The van der Waals surface area contributed by atoms with Gasteiger partial charge in [-0.3, -0.25) is 9.59 Å². The Bertz CT molecular complexity index is 1350. The first-order chi connectivity index (χ1) is 16.9. The fourth-order valence-corrected chi connectivity index (χ4v) is 4.76. The van der Waals surface area contributed by atoms with Crippen LogP contribution in [0.25, 0.3) is 5.76 Å². The summed E-state index contributed by atoms with van der Waals surface area (Å²) in [6, 6.07) is 18.4. The van der Waals surface area contributed by atoms with Crippen LogP contribution < -0.4 is 9.47 Å². The summed E-state index contributed by atoms with van der Waals surface area (Å²) in [4.78, 5) is 28.0. The SMILES string of the molecule is COc1cc(C2/C(=C(\O)c3ccc4c(c3)CC(C)O4)C(=O)C(=O)N2Cc2ccccc2)ccc1O. The van der Waals surface area contributed by atoms with Crippen molar-refractivity contribution >= 4 is 17.4 Å². The maximum Gasteiger partial charge on any atom is 0.295 e. The molecule has 2 N–H and O–H groups in total. The minimum absolute atomic E-state index is 0.00872. The van der Waals surface area contributed by atoms with E-state index < -0.39 is 17.7 Å². The third-order valence-electron chi connectivity index (χ3n) is 6.42. The molecule has 35 heavy (non-hydrogen) atoms. The quantitative estimate of drug-likeness (QED) is 0.326. The number of aliphatic hydroxyl groups excluding tert-OH is 1. The predicted molar refractivity (Wildman–Crippen MR) is 129 cm³/mol. The Morgan fingerprint density at radius 2 is 1.86 bits per heavy atom. The van der Waals surface area contributed by atoms with E-state index in [-0.39, 0.29) is 35.5 Å². The van der Waals surface area contributed by atoms with Crippen molar-refractivity contribution in [3.05, 3.63) is 94.6 Å². The Labute approximate surface area is 202 Å². The van der Waals surface area contributed by atoms with Gasteiger partial charge in [-0.15, -0.1) is 0 Å². The van der Waals surface area contributed by atoms with Gasteiger partial charge in [0.25, 0.3) is 11.7 Å². The first-order valence-electron chi connectivity index (χ1n) is 11.4. The van der Waals surface area contributed by atoms with Crippen LogP contribution in [-0.2, 0) is 22.6 Å². The molecule has 2 aliphatic rings. The number of rotatable bonds is 5.